The minimum Gasteiger partial charge on any atom is -0.312 e. The van der Waals surface area contributed by atoms with Crippen LogP contribution in [0.3, 0.4) is 0 Å². The molecule has 1 rings (SSSR count). The molecule has 0 fully saturated rings. The third-order valence-electron chi connectivity index (χ3n) is 1.18. The van der Waals surface area contributed by atoms with Gasteiger partial charge in [-0.05, 0) is 5.56 Å². The molecule has 1 aromatic carbocycles. The second-order valence-corrected chi connectivity index (χ2v) is 1.94. The van der Waals surface area contributed by atoms with Gasteiger partial charge in [-0.1, -0.05) is 44.2 Å². The van der Waals surface area contributed by atoms with E-state index in [1.54, 1.807) is 0 Å². The van der Waals surface area contributed by atoms with Gasteiger partial charge in [0.05, 0.1) is 6.17 Å². The Morgan fingerprint density at radius 2 is 1.45 bits per heavy atom. The maximum absolute atomic E-state index is 5.39. The van der Waals surface area contributed by atoms with Gasteiger partial charge in [0.2, 0.25) is 0 Å². The first-order chi connectivity index (χ1) is 5.30. The molecule has 0 aliphatic rings. The van der Waals surface area contributed by atoms with Crippen LogP contribution in [-0.4, -0.2) is 0 Å². The van der Waals surface area contributed by atoms with E-state index in [0.29, 0.717) is 0 Å². The summed E-state index contributed by atoms with van der Waals surface area (Å²) in [6.07, 6.45) is -0.341. The van der Waals surface area contributed by atoms with Crippen LogP contribution in [0.1, 0.15) is 25.6 Å². The molecular formula is C9H16N2. The van der Waals surface area contributed by atoms with Crippen LogP contribution in [-0.2, 0) is 0 Å². The predicted molar refractivity (Wildman–Crippen MR) is 48.9 cm³/mol. The zero-order valence-corrected chi connectivity index (χ0v) is 7.12. The fourth-order valence-corrected chi connectivity index (χ4v) is 0.675. The van der Waals surface area contributed by atoms with Crippen molar-refractivity contribution in [1.29, 1.82) is 0 Å². The first-order valence-electron chi connectivity index (χ1n) is 3.87. The summed E-state index contributed by atoms with van der Waals surface area (Å²) < 4.78 is 0. The van der Waals surface area contributed by atoms with E-state index < -0.39 is 0 Å². The second kappa shape index (κ2) is 5.89. The van der Waals surface area contributed by atoms with Crippen molar-refractivity contribution in [2.75, 3.05) is 0 Å². The number of nitrogens with two attached hydrogens (primary N) is 2. The van der Waals surface area contributed by atoms with Crippen molar-refractivity contribution in [3.05, 3.63) is 35.9 Å². The minimum absolute atomic E-state index is 0.341. The van der Waals surface area contributed by atoms with E-state index in [0.717, 1.165) is 5.56 Å². The fourth-order valence-electron chi connectivity index (χ4n) is 0.675. The van der Waals surface area contributed by atoms with Crippen molar-refractivity contribution in [3.63, 3.8) is 0 Å². The molecule has 0 saturated carbocycles. The summed E-state index contributed by atoms with van der Waals surface area (Å²) in [5.74, 6) is 0. The molecular weight excluding hydrogens is 136 g/mol. The summed E-state index contributed by atoms with van der Waals surface area (Å²) >= 11 is 0. The van der Waals surface area contributed by atoms with Crippen molar-refractivity contribution >= 4 is 0 Å². The van der Waals surface area contributed by atoms with Crippen molar-refractivity contribution in [1.82, 2.24) is 0 Å². The first-order valence-corrected chi connectivity index (χ1v) is 3.87. The normalized spacial score (nSPS) is 8.82. The molecule has 1 aromatic rings. The van der Waals surface area contributed by atoms with Crippen LogP contribution in [0.2, 0.25) is 0 Å². The van der Waals surface area contributed by atoms with Crippen molar-refractivity contribution in [2.24, 2.45) is 11.5 Å². The highest BCUT2D eigenvalue weighted by molar-refractivity contribution is 5.16. The molecule has 2 heteroatoms. The lowest BCUT2D eigenvalue weighted by atomic mass is 10.2. The van der Waals surface area contributed by atoms with Gasteiger partial charge in [-0.15, -0.1) is 0 Å². The van der Waals surface area contributed by atoms with Crippen LogP contribution in [0.25, 0.3) is 0 Å². The van der Waals surface area contributed by atoms with Gasteiger partial charge < -0.3 is 11.5 Å². The zero-order valence-electron chi connectivity index (χ0n) is 7.12. The third-order valence-corrected chi connectivity index (χ3v) is 1.18. The first kappa shape index (κ1) is 10.1. The average molecular weight is 152 g/mol. The Labute approximate surface area is 68.2 Å². The van der Waals surface area contributed by atoms with E-state index in [9.17, 15) is 0 Å². The molecule has 0 unspecified atom stereocenters. The lowest BCUT2D eigenvalue weighted by molar-refractivity contribution is 0.774. The van der Waals surface area contributed by atoms with Crippen molar-refractivity contribution < 1.29 is 0 Å². The third kappa shape index (κ3) is 3.75. The fraction of sp³-hybridized carbons (Fsp3) is 0.333. The van der Waals surface area contributed by atoms with E-state index >= 15 is 0 Å². The van der Waals surface area contributed by atoms with Gasteiger partial charge in [-0.2, -0.15) is 0 Å². The Bertz CT molecular complexity index is 170. The minimum atomic E-state index is -0.341. The van der Waals surface area contributed by atoms with Gasteiger partial charge in [0.1, 0.15) is 0 Å². The zero-order chi connectivity index (χ0) is 8.69. The smallest absolute Gasteiger partial charge is 0.0784 e. The van der Waals surface area contributed by atoms with Crippen molar-refractivity contribution in [2.45, 2.75) is 20.0 Å². The summed E-state index contributed by atoms with van der Waals surface area (Å²) in [5, 5.41) is 0. The standard InChI is InChI=1S/C7H10N2.C2H6/c8-7(9)6-4-2-1-3-5-6;1-2/h1-5,7H,8-9H2;1-2H3. The topological polar surface area (TPSA) is 52.0 Å². The Morgan fingerprint density at radius 1 is 1.00 bits per heavy atom. The van der Waals surface area contributed by atoms with E-state index in [2.05, 4.69) is 0 Å². The SMILES string of the molecule is CC.NC(N)c1ccccc1. The maximum atomic E-state index is 5.39. The molecule has 0 aliphatic carbocycles. The van der Waals surface area contributed by atoms with E-state index in [-0.39, 0.29) is 6.17 Å². The van der Waals surface area contributed by atoms with Crippen LogP contribution < -0.4 is 11.5 Å². The van der Waals surface area contributed by atoms with Crippen LogP contribution in [0, 0.1) is 0 Å². The average Bonchev–Trinajstić information content (AvgIpc) is 2.10. The van der Waals surface area contributed by atoms with Crippen LogP contribution in [0.5, 0.6) is 0 Å². The summed E-state index contributed by atoms with van der Waals surface area (Å²) in [6, 6.07) is 9.59. The molecule has 0 spiro atoms. The van der Waals surface area contributed by atoms with Gasteiger partial charge in [-0.25, -0.2) is 0 Å². The molecule has 4 N–H and O–H groups in total. The molecule has 62 valence electrons. The van der Waals surface area contributed by atoms with E-state index in [1.807, 2.05) is 44.2 Å². The highest BCUT2D eigenvalue weighted by Crippen LogP contribution is 2.01. The monoisotopic (exact) mass is 152 g/mol. The molecule has 0 atom stereocenters. The summed E-state index contributed by atoms with van der Waals surface area (Å²) in [6.45, 7) is 4.00. The number of hydrogen-bond donors (Lipinski definition) is 2. The lowest BCUT2D eigenvalue weighted by Crippen LogP contribution is -2.19. The molecule has 0 aromatic heterocycles. The molecule has 11 heavy (non-hydrogen) atoms. The van der Waals surface area contributed by atoms with Gasteiger partial charge in [-0.3, -0.25) is 0 Å². The molecule has 0 aliphatic heterocycles. The molecule has 0 amide bonds. The molecule has 0 radical (unpaired) electrons. The quantitative estimate of drug-likeness (QED) is 0.601. The van der Waals surface area contributed by atoms with Gasteiger partial charge in [0.15, 0.2) is 0 Å². The second-order valence-electron chi connectivity index (χ2n) is 1.94. The number of benzene rings is 1. The lowest BCUT2D eigenvalue weighted by Gasteiger charge is -2.02. The number of hydrogen-bond acceptors (Lipinski definition) is 2. The maximum Gasteiger partial charge on any atom is 0.0784 e. The molecule has 0 saturated heterocycles. The Morgan fingerprint density at radius 3 is 1.73 bits per heavy atom. The van der Waals surface area contributed by atoms with Crippen LogP contribution in [0.15, 0.2) is 30.3 Å². The van der Waals surface area contributed by atoms with Gasteiger partial charge in [0, 0.05) is 0 Å². The van der Waals surface area contributed by atoms with E-state index in [1.165, 1.54) is 0 Å². The Balaban J connectivity index is 0.000000461. The molecule has 0 bridgehead atoms. The van der Waals surface area contributed by atoms with Gasteiger partial charge >= 0.3 is 0 Å². The summed E-state index contributed by atoms with van der Waals surface area (Å²) in [5.41, 5.74) is 11.8. The molecule has 2 nitrogen and oxygen atoms in total. The Kier molecular flexibility index (Phi) is 5.43. The van der Waals surface area contributed by atoms with E-state index in [4.69, 9.17) is 11.5 Å². The highest BCUT2D eigenvalue weighted by atomic mass is 14.8. The summed E-state index contributed by atoms with van der Waals surface area (Å²) in [4.78, 5) is 0. The predicted octanol–water partition coefficient (Wildman–Crippen LogP) is 1.63. The summed E-state index contributed by atoms with van der Waals surface area (Å²) in [7, 11) is 0. The van der Waals surface area contributed by atoms with Crippen LogP contribution >= 0.6 is 0 Å². The van der Waals surface area contributed by atoms with Crippen LogP contribution in [0.4, 0.5) is 0 Å². The highest BCUT2D eigenvalue weighted by Gasteiger charge is 1.93. The van der Waals surface area contributed by atoms with Crippen molar-refractivity contribution in [3.8, 4) is 0 Å². The molecule has 0 heterocycles. The number of rotatable bonds is 1. The largest absolute Gasteiger partial charge is 0.312 e. The van der Waals surface area contributed by atoms with Gasteiger partial charge in [0.25, 0.3) is 0 Å². The Hall–Kier alpha value is -0.860.